The molecule has 5 rings (SSSR count). The number of hydrogen-bond donors (Lipinski definition) is 0. The summed E-state index contributed by atoms with van der Waals surface area (Å²) in [5.74, 6) is 2.34. The van der Waals surface area contributed by atoms with Crippen LogP contribution in [0.25, 0.3) is 15.9 Å². The van der Waals surface area contributed by atoms with E-state index in [1.54, 1.807) is 34.8 Å². The van der Waals surface area contributed by atoms with Crippen molar-refractivity contribution in [1.82, 2.24) is 9.55 Å². The van der Waals surface area contributed by atoms with Crippen LogP contribution in [0.1, 0.15) is 29.3 Å². The van der Waals surface area contributed by atoms with Crippen LogP contribution < -0.4 is 15.0 Å². The molecule has 2 aromatic carbocycles. The lowest BCUT2D eigenvalue weighted by Crippen LogP contribution is -2.21. The van der Waals surface area contributed by atoms with Crippen molar-refractivity contribution in [2.45, 2.75) is 37.1 Å². The SMILES string of the molecule is CCOc1ccc(-n2c(SCc3ccc(OC)cc3)nc3sc4c(c3c2=O)CCC4)cc1. The van der Waals surface area contributed by atoms with Gasteiger partial charge < -0.3 is 9.47 Å². The van der Waals surface area contributed by atoms with Crippen molar-refractivity contribution in [3.05, 3.63) is 74.9 Å². The zero-order valence-corrected chi connectivity index (χ0v) is 19.7. The van der Waals surface area contributed by atoms with Gasteiger partial charge in [-0.1, -0.05) is 23.9 Å². The predicted octanol–water partition coefficient (Wildman–Crippen LogP) is 5.64. The van der Waals surface area contributed by atoms with Gasteiger partial charge in [-0.3, -0.25) is 9.36 Å². The Labute approximate surface area is 195 Å². The molecule has 0 bridgehead atoms. The van der Waals surface area contributed by atoms with Crippen molar-refractivity contribution in [2.75, 3.05) is 13.7 Å². The van der Waals surface area contributed by atoms with E-state index in [0.717, 1.165) is 52.2 Å². The molecule has 0 aliphatic heterocycles. The molecule has 4 aromatic rings. The normalized spacial score (nSPS) is 12.8. The maximum absolute atomic E-state index is 13.7. The lowest BCUT2D eigenvalue weighted by atomic mass is 10.2. The number of hydrogen-bond acceptors (Lipinski definition) is 6. The van der Waals surface area contributed by atoms with Gasteiger partial charge in [0.05, 0.1) is 24.8 Å². The van der Waals surface area contributed by atoms with Gasteiger partial charge in [-0.05, 0) is 73.7 Å². The highest BCUT2D eigenvalue weighted by atomic mass is 32.2. The largest absolute Gasteiger partial charge is 0.497 e. The maximum Gasteiger partial charge on any atom is 0.267 e. The predicted molar refractivity (Wildman–Crippen MR) is 131 cm³/mol. The van der Waals surface area contributed by atoms with Crippen LogP contribution in [0.2, 0.25) is 0 Å². The Bertz CT molecular complexity index is 1310. The van der Waals surface area contributed by atoms with Gasteiger partial charge in [-0.2, -0.15) is 0 Å². The number of benzene rings is 2. The molecule has 32 heavy (non-hydrogen) atoms. The molecular weight excluding hydrogens is 440 g/mol. The number of thioether (sulfide) groups is 1. The summed E-state index contributed by atoms with van der Waals surface area (Å²) < 4.78 is 12.6. The first kappa shape index (κ1) is 21.1. The molecule has 7 heteroatoms. The third kappa shape index (κ3) is 3.91. The number of methoxy groups -OCH3 is 1. The fourth-order valence-electron chi connectivity index (χ4n) is 4.08. The fourth-order valence-corrected chi connectivity index (χ4v) is 6.35. The second-order valence-corrected chi connectivity index (χ2v) is 9.66. The summed E-state index contributed by atoms with van der Waals surface area (Å²) in [6.45, 7) is 2.57. The average Bonchev–Trinajstić information content (AvgIpc) is 3.40. The summed E-state index contributed by atoms with van der Waals surface area (Å²) in [5.41, 5.74) is 3.18. The maximum atomic E-state index is 13.7. The zero-order valence-electron chi connectivity index (χ0n) is 18.1. The van der Waals surface area contributed by atoms with Crippen LogP contribution in [0.3, 0.4) is 0 Å². The molecule has 0 saturated carbocycles. The van der Waals surface area contributed by atoms with Gasteiger partial charge in [-0.15, -0.1) is 11.3 Å². The monoisotopic (exact) mass is 464 g/mol. The Kier molecular flexibility index (Phi) is 5.93. The van der Waals surface area contributed by atoms with E-state index >= 15 is 0 Å². The van der Waals surface area contributed by atoms with E-state index in [-0.39, 0.29) is 5.56 Å². The molecule has 0 saturated heterocycles. The molecule has 0 spiro atoms. The van der Waals surface area contributed by atoms with E-state index in [0.29, 0.717) is 17.5 Å². The van der Waals surface area contributed by atoms with E-state index in [4.69, 9.17) is 14.5 Å². The Hall–Kier alpha value is -2.77. The number of aromatic nitrogens is 2. The summed E-state index contributed by atoms with van der Waals surface area (Å²) in [6.07, 6.45) is 3.13. The molecule has 0 N–H and O–H groups in total. The smallest absolute Gasteiger partial charge is 0.267 e. The molecule has 1 aliphatic rings. The Morgan fingerprint density at radius 1 is 1.06 bits per heavy atom. The summed E-state index contributed by atoms with van der Waals surface area (Å²) in [4.78, 5) is 20.9. The minimum Gasteiger partial charge on any atom is -0.497 e. The minimum atomic E-state index is 0.0239. The topological polar surface area (TPSA) is 53.4 Å². The first-order valence-corrected chi connectivity index (χ1v) is 12.5. The van der Waals surface area contributed by atoms with Gasteiger partial charge in [0.2, 0.25) is 0 Å². The molecule has 0 fully saturated rings. The molecule has 164 valence electrons. The first-order chi connectivity index (χ1) is 15.7. The molecule has 2 heterocycles. The number of fused-ring (bicyclic) bond motifs is 3. The number of thiophene rings is 1. The van der Waals surface area contributed by atoms with Gasteiger partial charge in [0, 0.05) is 10.6 Å². The number of nitrogens with zero attached hydrogens (tertiary/aromatic N) is 2. The van der Waals surface area contributed by atoms with Gasteiger partial charge in [-0.25, -0.2) is 4.98 Å². The molecule has 0 radical (unpaired) electrons. The van der Waals surface area contributed by atoms with E-state index < -0.39 is 0 Å². The van der Waals surface area contributed by atoms with Crippen molar-refractivity contribution >= 4 is 33.3 Å². The summed E-state index contributed by atoms with van der Waals surface area (Å²) in [5, 5.41) is 1.51. The van der Waals surface area contributed by atoms with Crippen LogP contribution in [0.4, 0.5) is 0 Å². The number of aryl methyl sites for hydroxylation is 2. The van der Waals surface area contributed by atoms with E-state index in [1.807, 2.05) is 55.5 Å². The van der Waals surface area contributed by atoms with Crippen LogP contribution >= 0.6 is 23.1 Å². The molecule has 2 aromatic heterocycles. The third-order valence-electron chi connectivity index (χ3n) is 5.64. The van der Waals surface area contributed by atoms with E-state index in [9.17, 15) is 4.79 Å². The highest BCUT2D eigenvalue weighted by Crippen LogP contribution is 2.36. The second-order valence-electron chi connectivity index (χ2n) is 7.64. The van der Waals surface area contributed by atoms with Crippen molar-refractivity contribution in [1.29, 1.82) is 0 Å². The Morgan fingerprint density at radius 2 is 1.81 bits per heavy atom. The molecule has 5 nitrogen and oxygen atoms in total. The summed E-state index contributed by atoms with van der Waals surface area (Å²) in [6, 6.07) is 15.7. The fraction of sp³-hybridized carbons (Fsp3) is 0.280. The molecular formula is C25H24N2O3S2. The average molecular weight is 465 g/mol. The Balaban J connectivity index is 1.58. The lowest BCUT2D eigenvalue weighted by molar-refractivity contribution is 0.340. The zero-order chi connectivity index (χ0) is 22.1. The van der Waals surface area contributed by atoms with Gasteiger partial charge >= 0.3 is 0 Å². The lowest BCUT2D eigenvalue weighted by Gasteiger charge is -2.13. The number of rotatable bonds is 7. The van der Waals surface area contributed by atoms with Crippen LogP contribution in [0, 0.1) is 0 Å². The Morgan fingerprint density at radius 3 is 2.53 bits per heavy atom. The minimum absolute atomic E-state index is 0.0239. The summed E-state index contributed by atoms with van der Waals surface area (Å²) in [7, 11) is 1.66. The highest BCUT2D eigenvalue weighted by molar-refractivity contribution is 7.98. The highest BCUT2D eigenvalue weighted by Gasteiger charge is 2.24. The third-order valence-corrected chi connectivity index (χ3v) is 7.84. The van der Waals surface area contributed by atoms with E-state index in [2.05, 4.69) is 0 Å². The van der Waals surface area contributed by atoms with Crippen molar-refractivity contribution in [2.24, 2.45) is 0 Å². The van der Waals surface area contributed by atoms with Gasteiger partial charge in [0.15, 0.2) is 5.16 Å². The molecule has 0 atom stereocenters. The van der Waals surface area contributed by atoms with Crippen LogP contribution in [0.15, 0.2) is 58.5 Å². The van der Waals surface area contributed by atoms with Crippen LogP contribution in [-0.4, -0.2) is 23.3 Å². The van der Waals surface area contributed by atoms with Crippen LogP contribution in [0.5, 0.6) is 11.5 Å². The molecule has 0 amide bonds. The van der Waals surface area contributed by atoms with E-state index in [1.165, 1.54) is 10.4 Å². The quantitative estimate of drug-likeness (QED) is 0.262. The van der Waals surface area contributed by atoms with Crippen molar-refractivity contribution in [3.63, 3.8) is 0 Å². The molecule has 0 unspecified atom stereocenters. The van der Waals surface area contributed by atoms with Crippen molar-refractivity contribution < 1.29 is 9.47 Å². The molecule has 1 aliphatic carbocycles. The first-order valence-electron chi connectivity index (χ1n) is 10.7. The van der Waals surface area contributed by atoms with Gasteiger partial charge in [0.25, 0.3) is 5.56 Å². The van der Waals surface area contributed by atoms with Gasteiger partial charge in [0.1, 0.15) is 16.3 Å². The summed E-state index contributed by atoms with van der Waals surface area (Å²) >= 11 is 3.26. The number of ether oxygens (including phenoxy) is 2. The second kappa shape index (κ2) is 9.00. The van der Waals surface area contributed by atoms with Crippen LogP contribution in [-0.2, 0) is 18.6 Å². The van der Waals surface area contributed by atoms with Crippen molar-refractivity contribution in [3.8, 4) is 17.2 Å². The standard InChI is InChI=1S/C25H24N2O3S2/c1-3-30-19-13-9-17(10-14-19)27-24(28)22-20-5-4-6-21(20)32-23(22)26-25(27)31-15-16-7-11-18(29-2)12-8-16/h7-14H,3-6,15H2,1-2H3.